The van der Waals surface area contributed by atoms with E-state index in [1.165, 1.54) is 0 Å². The Kier molecular flexibility index (Phi) is 9.86. The van der Waals surface area contributed by atoms with Gasteiger partial charge in [0.05, 0.1) is 18.7 Å². The summed E-state index contributed by atoms with van der Waals surface area (Å²) in [6.07, 6.45) is 1.30. The Hall–Kier alpha value is -3.41. The number of rotatable bonds is 10. The number of nitrogens with one attached hydrogen (secondary N) is 1. The van der Waals surface area contributed by atoms with Gasteiger partial charge in [0, 0.05) is 44.3 Å². The minimum absolute atomic E-state index is 0.131. The Morgan fingerprint density at radius 2 is 2.00 bits per heavy atom. The quantitative estimate of drug-likeness (QED) is 0.529. The number of piperidine rings is 1. The van der Waals surface area contributed by atoms with E-state index in [0.717, 1.165) is 25.1 Å². The van der Waals surface area contributed by atoms with Crippen molar-refractivity contribution in [3.05, 3.63) is 65.2 Å². The zero-order chi connectivity index (χ0) is 26.1. The first kappa shape index (κ1) is 27.2. The molecule has 0 aliphatic carbocycles. The maximum atomic E-state index is 13.5. The van der Waals surface area contributed by atoms with Gasteiger partial charge in [-0.05, 0) is 54.7 Å². The molecule has 0 bridgehead atoms. The number of nitriles is 1. The molecule has 0 aromatic heterocycles. The molecule has 8 nitrogen and oxygen atoms in total. The molecule has 3 rings (SSSR count). The lowest BCUT2D eigenvalue weighted by Gasteiger charge is -2.43. The van der Waals surface area contributed by atoms with Crippen molar-refractivity contribution in [3.63, 3.8) is 0 Å². The number of carbonyl (C=O) groups excluding carboxylic acids is 2. The van der Waals surface area contributed by atoms with E-state index < -0.39 is 6.04 Å². The summed E-state index contributed by atoms with van der Waals surface area (Å²) in [7, 11) is 1.56. The summed E-state index contributed by atoms with van der Waals surface area (Å²) in [5.74, 6) is 0.682. The third-order valence-corrected chi connectivity index (χ3v) is 6.48. The van der Waals surface area contributed by atoms with Gasteiger partial charge < -0.3 is 20.7 Å². The van der Waals surface area contributed by atoms with Crippen molar-refractivity contribution < 1.29 is 14.3 Å². The van der Waals surface area contributed by atoms with Crippen molar-refractivity contribution in [1.82, 2.24) is 15.1 Å². The van der Waals surface area contributed by atoms with Crippen molar-refractivity contribution >= 4 is 11.8 Å². The van der Waals surface area contributed by atoms with Gasteiger partial charge in [-0.3, -0.25) is 14.5 Å². The van der Waals surface area contributed by atoms with Crippen LogP contribution in [0.2, 0.25) is 0 Å². The monoisotopic (exact) mass is 491 g/mol. The lowest BCUT2D eigenvalue weighted by atomic mass is 9.93. The van der Waals surface area contributed by atoms with Gasteiger partial charge in [0.25, 0.3) is 5.91 Å². The fourth-order valence-corrected chi connectivity index (χ4v) is 4.74. The van der Waals surface area contributed by atoms with Crippen LogP contribution in [0.4, 0.5) is 0 Å². The van der Waals surface area contributed by atoms with Crippen LogP contribution in [0.5, 0.6) is 5.75 Å². The second kappa shape index (κ2) is 13.1. The summed E-state index contributed by atoms with van der Waals surface area (Å²) in [5.41, 5.74) is 7.88. The van der Waals surface area contributed by atoms with Crippen LogP contribution < -0.4 is 15.8 Å². The van der Waals surface area contributed by atoms with E-state index in [1.54, 1.807) is 36.3 Å². The molecule has 192 valence electrons. The molecule has 2 aromatic carbocycles. The highest BCUT2D eigenvalue weighted by molar-refractivity contribution is 5.98. The first-order valence-electron chi connectivity index (χ1n) is 12.5. The second-order valence-corrected chi connectivity index (χ2v) is 9.64. The lowest BCUT2D eigenvalue weighted by molar-refractivity contribution is -0.127. The van der Waals surface area contributed by atoms with E-state index in [-0.39, 0.29) is 17.9 Å². The largest absolute Gasteiger partial charge is 0.497 e. The molecule has 1 aliphatic heterocycles. The Labute approximate surface area is 214 Å². The molecule has 1 saturated heterocycles. The van der Waals surface area contributed by atoms with Crippen LogP contribution in [0.1, 0.15) is 48.2 Å². The van der Waals surface area contributed by atoms with Gasteiger partial charge >= 0.3 is 0 Å². The van der Waals surface area contributed by atoms with E-state index in [9.17, 15) is 9.59 Å². The third kappa shape index (κ3) is 7.06. The number of carbonyl (C=O) groups is 2. The number of hydrogen-bond acceptors (Lipinski definition) is 6. The molecule has 3 N–H and O–H groups in total. The van der Waals surface area contributed by atoms with E-state index in [2.05, 4.69) is 30.1 Å². The third-order valence-electron chi connectivity index (χ3n) is 6.48. The number of methoxy groups -OCH3 is 1. The van der Waals surface area contributed by atoms with Gasteiger partial charge in [-0.15, -0.1) is 0 Å². The molecular weight excluding hydrogens is 454 g/mol. The zero-order valence-corrected chi connectivity index (χ0v) is 21.4. The first-order valence-corrected chi connectivity index (χ1v) is 12.5. The molecule has 1 heterocycles. The van der Waals surface area contributed by atoms with Gasteiger partial charge in [0.1, 0.15) is 11.8 Å². The van der Waals surface area contributed by atoms with E-state index in [1.807, 2.05) is 24.3 Å². The van der Waals surface area contributed by atoms with Crippen LogP contribution >= 0.6 is 0 Å². The minimum Gasteiger partial charge on any atom is -0.497 e. The molecule has 8 heteroatoms. The number of ether oxygens (including phenoxy) is 1. The van der Waals surface area contributed by atoms with Crippen LogP contribution in [0, 0.1) is 17.2 Å². The molecular formula is C28H37N5O3. The van der Waals surface area contributed by atoms with Gasteiger partial charge in [-0.1, -0.05) is 32.0 Å². The predicted molar refractivity (Wildman–Crippen MR) is 139 cm³/mol. The Balaban J connectivity index is 1.84. The lowest BCUT2D eigenvalue weighted by Crippen LogP contribution is -2.57. The van der Waals surface area contributed by atoms with Gasteiger partial charge in [0.15, 0.2) is 0 Å². The highest BCUT2D eigenvalue weighted by atomic mass is 16.5. The predicted octanol–water partition coefficient (Wildman–Crippen LogP) is 2.77. The highest BCUT2D eigenvalue weighted by Gasteiger charge is 2.38. The van der Waals surface area contributed by atoms with Crippen LogP contribution in [0.15, 0.2) is 48.5 Å². The average molecular weight is 492 g/mol. The zero-order valence-electron chi connectivity index (χ0n) is 21.4. The van der Waals surface area contributed by atoms with E-state index in [0.29, 0.717) is 48.8 Å². The Morgan fingerprint density at radius 3 is 2.64 bits per heavy atom. The van der Waals surface area contributed by atoms with Gasteiger partial charge in [-0.25, -0.2) is 0 Å². The molecule has 1 aliphatic rings. The standard InChI is InChI=1S/C28H37N5O3/c1-20(2)18-32(19-22-9-7-21(17-30)8-10-22)24-11-14-33(26(16-24)27(34)31-13-12-29)28(35)23-5-4-6-25(15-23)36-3/h4-10,15,20,24,26H,11-14,16,18-19,29H2,1-3H3,(H,31,34)/t24?,26-/m1/s1. The number of nitrogens with zero attached hydrogens (tertiary/aromatic N) is 3. The SMILES string of the molecule is COc1cccc(C(=O)N2CCC(N(Cc3ccc(C#N)cc3)CC(C)C)C[C@@H]2C(=O)NCCN)c1. The number of amides is 2. The number of hydrogen-bond donors (Lipinski definition) is 2. The molecule has 2 atom stereocenters. The average Bonchev–Trinajstić information content (AvgIpc) is 2.90. The summed E-state index contributed by atoms with van der Waals surface area (Å²) in [4.78, 5) is 30.8. The highest BCUT2D eigenvalue weighted by Crippen LogP contribution is 2.27. The second-order valence-electron chi connectivity index (χ2n) is 9.64. The van der Waals surface area contributed by atoms with Crippen molar-refractivity contribution in [2.24, 2.45) is 11.7 Å². The number of nitrogens with two attached hydrogens (primary N) is 1. The summed E-state index contributed by atoms with van der Waals surface area (Å²) in [6, 6.07) is 16.4. The van der Waals surface area contributed by atoms with Crippen LogP contribution in [-0.2, 0) is 11.3 Å². The molecule has 0 spiro atoms. The maximum Gasteiger partial charge on any atom is 0.254 e. The molecule has 0 saturated carbocycles. The summed E-state index contributed by atoms with van der Waals surface area (Å²) in [5, 5.41) is 12.0. The normalized spacial score (nSPS) is 17.6. The van der Waals surface area contributed by atoms with Crippen molar-refractivity contribution in [3.8, 4) is 11.8 Å². The topological polar surface area (TPSA) is 112 Å². The Morgan fingerprint density at radius 1 is 1.25 bits per heavy atom. The molecule has 1 fully saturated rings. The van der Waals surface area contributed by atoms with E-state index >= 15 is 0 Å². The van der Waals surface area contributed by atoms with Gasteiger partial charge in [-0.2, -0.15) is 5.26 Å². The fourth-order valence-electron chi connectivity index (χ4n) is 4.74. The van der Waals surface area contributed by atoms with Gasteiger partial charge in [0.2, 0.25) is 5.91 Å². The van der Waals surface area contributed by atoms with Crippen molar-refractivity contribution in [2.75, 3.05) is 33.3 Å². The van der Waals surface area contributed by atoms with Crippen molar-refractivity contribution in [2.45, 2.75) is 45.3 Å². The summed E-state index contributed by atoms with van der Waals surface area (Å²) in [6.45, 7) is 7.12. The Bertz CT molecular complexity index is 1060. The molecule has 2 aromatic rings. The van der Waals surface area contributed by atoms with Crippen molar-refractivity contribution in [1.29, 1.82) is 5.26 Å². The van der Waals surface area contributed by atoms with E-state index in [4.69, 9.17) is 15.7 Å². The number of benzene rings is 2. The fraction of sp³-hybridized carbons (Fsp3) is 0.464. The van der Waals surface area contributed by atoms with Crippen LogP contribution in [0.3, 0.4) is 0 Å². The summed E-state index contributed by atoms with van der Waals surface area (Å²) < 4.78 is 5.29. The first-order chi connectivity index (χ1) is 17.4. The summed E-state index contributed by atoms with van der Waals surface area (Å²) >= 11 is 0. The number of likely N-dealkylation sites (tertiary alicyclic amines) is 1. The molecule has 0 radical (unpaired) electrons. The maximum absolute atomic E-state index is 13.5. The molecule has 1 unspecified atom stereocenters. The minimum atomic E-state index is -0.593. The molecule has 36 heavy (non-hydrogen) atoms. The van der Waals surface area contributed by atoms with Crippen LogP contribution in [0.25, 0.3) is 0 Å². The molecule has 2 amide bonds. The van der Waals surface area contributed by atoms with Crippen LogP contribution in [-0.4, -0.2) is 67.0 Å². The smallest absolute Gasteiger partial charge is 0.254 e.